The first-order valence-electron chi connectivity index (χ1n) is 12.2. The molecule has 13 heteroatoms. The fourth-order valence-corrected chi connectivity index (χ4v) is 4.07. The average Bonchev–Trinajstić information content (AvgIpc) is 3.33. The van der Waals surface area contributed by atoms with Crippen molar-refractivity contribution in [1.29, 1.82) is 0 Å². The fourth-order valence-electron chi connectivity index (χ4n) is 4.07. The number of carbonyl (C=O) groups excluding carboxylic acids is 4. The quantitative estimate of drug-likeness (QED) is 0.321. The molecule has 0 saturated heterocycles. The molecule has 0 fully saturated rings. The van der Waals surface area contributed by atoms with Crippen molar-refractivity contribution in [2.75, 3.05) is 26.0 Å². The molecule has 0 atom stereocenters. The average molecular weight is 546 g/mol. The number of carbonyl (C=O) groups is 4. The Morgan fingerprint density at radius 2 is 1.80 bits per heavy atom. The number of rotatable bonds is 7. The molecule has 1 aliphatic rings. The van der Waals surface area contributed by atoms with E-state index in [9.17, 15) is 23.6 Å². The van der Waals surface area contributed by atoms with Crippen LogP contribution in [0.25, 0.3) is 5.65 Å². The van der Waals surface area contributed by atoms with Gasteiger partial charge in [0, 0.05) is 38.8 Å². The van der Waals surface area contributed by atoms with Gasteiger partial charge >= 0.3 is 0 Å². The predicted molar refractivity (Wildman–Crippen MR) is 140 cm³/mol. The van der Waals surface area contributed by atoms with Crippen LogP contribution in [0.15, 0.2) is 54.7 Å². The second-order valence-corrected chi connectivity index (χ2v) is 9.19. The molecule has 4 amide bonds. The predicted octanol–water partition coefficient (Wildman–Crippen LogP) is 1.76. The monoisotopic (exact) mass is 545 g/mol. The van der Waals surface area contributed by atoms with E-state index in [2.05, 4.69) is 26.0 Å². The van der Waals surface area contributed by atoms with Gasteiger partial charge in [0.05, 0.1) is 11.9 Å². The van der Waals surface area contributed by atoms with Crippen LogP contribution in [0.1, 0.15) is 42.5 Å². The number of hydrogen-bond donors (Lipinski definition) is 3. The van der Waals surface area contributed by atoms with E-state index in [1.807, 2.05) is 0 Å². The molecule has 3 heterocycles. The van der Waals surface area contributed by atoms with E-state index in [1.165, 1.54) is 11.0 Å². The zero-order valence-corrected chi connectivity index (χ0v) is 21.5. The molecule has 2 aromatic heterocycles. The maximum absolute atomic E-state index is 14.4. The van der Waals surface area contributed by atoms with Crippen molar-refractivity contribution in [3.63, 3.8) is 0 Å². The van der Waals surface area contributed by atoms with Gasteiger partial charge in [-0.05, 0) is 35.4 Å². The highest BCUT2D eigenvalue weighted by molar-refractivity contribution is 5.98. The van der Waals surface area contributed by atoms with Gasteiger partial charge in [0.15, 0.2) is 18.1 Å². The lowest BCUT2D eigenvalue weighted by Crippen LogP contribution is -2.29. The summed E-state index contributed by atoms with van der Waals surface area (Å²) in [7, 11) is 3.28. The number of halogens is 1. The number of ether oxygens (including phenoxy) is 1. The van der Waals surface area contributed by atoms with Crippen molar-refractivity contribution in [2.24, 2.45) is 0 Å². The number of fused-ring (bicyclic) bond motifs is 2. The molecule has 0 saturated carbocycles. The first-order valence-corrected chi connectivity index (χ1v) is 12.2. The summed E-state index contributed by atoms with van der Waals surface area (Å²) in [5, 5.41) is 12.0. The van der Waals surface area contributed by atoms with Crippen LogP contribution in [-0.4, -0.2) is 63.8 Å². The van der Waals surface area contributed by atoms with Crippen LogP contribution in [0.4, 0.5) is 10.1 Å². The first-order chi connectivity index (χ1) is 19.2. The van der Waals surface area contributed by atoms with E-state index >= 15 is 0 Å². The number of aromatic nitrogens is 3. The Labute approximate surface area is 227 Å². The summed E-state index contributed by atoms with van der Waals surface area (Å²) in [6, 6.07) is 13.1. The summed E-state index contributed by atoms with van der Waals surface area (Å²) < 4.78 is 20.8. The van der Waals surface area contributed by atoms with E-state index in [0.29, 0.717) is 28.1 Å². The lowest BCUT2D eigenvalue weighted by atomic mass is 10.1. The van der Waals surface area contributed by atoms with Crippen LogP contribution in [0.3, 0.4) is 0 Å². The van der Waals surface area contributed by atoms with Crippen LogP contribution >= 0.6 is 0 Å². The summed E-state index contributed by atoms with van der Waals surface area (Å²) in [6.07, 6.45) is 0.903. The SMILES string of the molecule is CN(C)C(=O)c1cccc(CNC(=O)c2cc(C(=O)NCc3ccc4c(c3)NC(=O)CO4)nc3c(F)cnn23)c1. The zero-order valence-electron chi connectivity index (χ0n) is 21.5. The van der Waals surface area contributed by atoms with Crippen molar-refractivity contribution < 1.29 is 28.3 Å². The van der Waals surface area contributed by atoms with Crippen LogP contribution in [-0.2, 0) is 17.9 Å². The molecule has 0 bridgehead atoms. The Morgan fingerprint density at radius 1 is 1.05 bits per heavy atom. The number of nitrogens with one attached hydrogen (secondary N) is 3. The summed E-state index contributed by atoms with van der Waals surface area (Å²) >= 11 is 0. The second-order valence-electron chi connectivity index (χ2n) is 9.19. The molecule has 5 rings (SSSR count). The molecule has 12 nitrogen and oxygen atoms in total. The summed E-state index contributed by atoms with van der Waals surface area (Å²) in [5.41, 5.74) is 1.71. The molecule has 3 N–H and O–H groups in total. The number of amides is 4. The standard InChI is InChI=1S/C27H24FN7O5/c1-34(2)27(39)17-5-3-4-15(8-17)11-30-26(38)21-10-20(33-24-18(28)13-31-35(21)24)25(37)29-12-16-6-7-22-19(9-16)32-23(36)14-40-22/h3-10,13H,11-12,14H2,1-2H3,(H,29,37)(H,30,38)(H,32,36). The van der Waals surface area contributed by atoms with Crippen molar-refractivity contribution in [3.8, 4) is 5.75 Å². The minimum absolute atomic E-state index is 0.0686. The van der Waals surface area contributed by atoms with Crippen LogP contribution in [0, 0.1) is 5.82 Å². The van der Waals surface area contributed by atoms with Gasteiger partial charge in [-0.15, -0.1) is 0 Å². The fraction of sp³-hybridized carbons (Fsp3) is 0.185. The highest BCUT2D eigenvalue weighted by atomic mass is 19.1. The molecule has 0 radical (unpaired) electrons. The van der Waals surface area contributed by atoms with E-state index in [4.69, 9.17) is 4.74 Å². The van der Waals surface area contributed by atoms with Gasteiger partial charge in [-0.1, -0.05) is 18.2 Å². The van der Waals surface area contributed by atoms with Gasteiger partial charge in [-0.3, -0.25) is 19.2 Å². The highest BCUT2D eigenvalue weighted by Crippen LogP contribution is 2.28. The van der Waals surface area contributed by atoms with Gasteiger partial charge < -0.3 is 25.6 Å². The third-order valence-electron chi connectivity index (χ3n) is 6.06. The maximum atomic E-state index is 14.4. The minimum atomic E-state index is -0.802. The summed E-state index contributed by atoms with van der Waals surface area (Å²) in [4.78, 5) is 55.4. The minimum Gasteiger partial charge on any atom is -0.482 e. The van der Waals surface area contributed by atoms with E-state index in [1.54, 1.807) is 56.6 Å². The van der Waals surface area contributed by atoms with E-state index < -0.39 is 17.6 Å². The number of nitrogens with zero attached hydrogens (tertiary/aromatic N) is 4. The Bertz CT molecular complexity index is 1670. The Morgan fingerprint density at radius 3 is 2.58 bits per heavy atom. The van der Waals surface area contributed by atoms with E-state index in [-0.39, 0.29) is 48.5 Å². The molecule has 204 valence electrons. The molecule has 0 unspecified atom stereocenters. The van der Waals surface area contributed by atoms with Crippen molar-refractivity contribution in [1.82, 2.24) is 30.1 Å². The Hall–Kier alpha value is -5.33. The normalized spacial score (nSPS) is 12.2. The topological polar surface area (TPSA) is 147 Å². The summed E-state index contributed by atoms with van der Waals surface area (Å²) in [6.45, 7) is 0.0714. The van der Waals surface area contributed by atoms with Gasteiger partial charge in [0.1, 0.15) is 17.1 Å². The van der Waals surface area contributed by atoms with Crippen molar-refractivity contribution in [3.05, 3.63) is 88.6 Å². The number of hydrogen-bond acceptors (Lipinski definition) is 7. The van der Waals surface area contributed by atoms with Gasteiger partial charge in [0.2, 0.25) is 0 Å². The molecule has 2 aromatic carbocycles. The third-order valence-corrected chi connectivity index (χ3v) is 6.06. The molecule has 40 heavy (non-hydrogen) atoms. The van der Waals surface area contributed by atoms with Crippen LogP contribution in [0.2, 0.25) is 0 Å². The van der Waals surface area contributed by atoms with Crippen molar-refractivity contribution in [2.45, 2.75) is 13.1 Å². The van der Waals surface area contributed by atoms with Crippen LogP contribution < -0.4 is 20.7 Å². The molecular weight excluding hydrogens is 521 g/mol. The number of anilines is 1. The van der Waals surface area contributed by atoms with Gasteiger partial charge in [-0.2, -0.15) is 5.10 Å². The number of benzene rings is 2. The third kappa shape index (κ3) is 5.43. The summed E-state index contributed by atoms with van der Waals surface area (Å²) in [5.74, 6) is -2.02. The lowest BCUT2D eigenvalue weighted by Gasteiger charge is -2.18. The molecule has 1 aliphatic heterocycles. The first kappa shape index (κ1) is 26.3. The molecule has 0 aliphatic carbocycles. The largest absolute Gasteiger partial charge is 0.482 e. The Balaban J connectivity index is 1.32. The lowest BCUT2D eigenvalue weighted by molar-refractivity contribution is -0.118. The van der Waals surface area contributed by atoms with E-state index in [0.717, 1.165) is 10.7 Å². The van der Waals surface area contributed by atoms with Crippen LogP contribution in [0.5, 0.6) is 5.75 Å². The Kier molecular flexibility index (Phi) is 7.10. The second kappa shape index (κ2) is 10.8. The maximum Gasteiger partial charge on any atom is 0.270 e. The smallest absolute Gasteiger partial charge is 0.270 e. The molecular formula is C27H24FN7O5. The highest BCUT2D eigenvalue weighted by Gasteiger charge is 2.21. The van der Waals surface area contributed by atoms with Gasteiger partial charge in [0.25, 0.3) is 23.6 Å². The van der Waals surface area contributed by atoms with Gasteiger partial charge in [-0.25, -0.2) is 13.9 Å². The molecule has 4 aromatic rings. The molecule has 0 spiro atoms. The van der Waals surface area contributed by atoms with Crippen molar-refractivity contribution >= 4 is 35.0 Å². The zero-order chi connectivity index (χ0) is 28.4.